The molecule has 6 aliphatic rings. The van der Waals surface area contributed by atoms with Gasteiger partial charge in [0.2, 0.25) is 0 Å². The number of nitrogens with two attached hydrogens (primary N) is 6. The number of primary amides is 6. The fourth-order valence-electron chi connectivity index (χ4n) is 15.7. The number of fused-ring (bicyclic) bond motifs is 7. The van der Waals surface area contributed by atoms with E-state index in [2.05, 4.69) is 26.5 Å². The fourth-order valence-corrected chi connectivity index (χ4v) is 18.0. The van der Waals surface area contributed by atoms with Crippen LogP contribution in [0.2, 0.25) is 0 Å². The molecule has 31 nitrogen and oxygen atoms in total. The van der Waals surface area contributed by atoms with Gasteiger partial charge >= 0.3 is 424 Å². The predicted octanol–water partition coefficient (Wildman–Crippen LogP) is 3.04. The Morgan fingerprint density at radius 1 is 0.816 bits per heavy atom. The molecule has 1 aromatic heterocycles. The number of benzene rings is 1. The third-order valence-corrected chi connectivity index (χ3v) is 23.0. The van der Waals surface area contributed by atoms with Crippen LogP contribution in [-0.2, 0) is 71.4 Å². The van der Waals surface area contributed by atoms with E-state index in [1.54, 1.807) is 37.7 Å². The first kappa shape index (κ1) is 78.8. The van der Waals surface area contributed by atoms with Crippen LogP contribution in [0.15, 0.2) is 67.8 Å². The maximum atomic E-state index is 14.5. The summed E-state index contributed by atoms with van der Waals surface area (Å²) in [6.45, 7) is 14.6. The van der Waals surface area contributed by atoms with Crippen molar-refractivity contribution in [3.8, 4) is 5.00 Å². The smallest absolute Gasteiger partial charge is 0.313 e. The SMILES string of the molecule is C/C1=C2N=C(/C=C3N=C(/C(C)=C4/[C@@H](CCC(N)=O)[C@](C)(CC(N)=O)[C@](C)([C@@H]5N=C1[C@](C)(CCC(=O)NCC(C)OP(=O)([O-])O[C@H]1[C@@H](O)[C@@H](n6cnc7cc(C)c(C)cc76)O[C@@H]1CO)[C@H]5CC(N)=O)[N]4[Co+][C]#N)[C@@](C)(CC(N)=O)[C@@H]\3CCC(N)=O)C(C)(C)[C@@H]/2CCC(N)=O.O=P(O)(O)Cl. The Labute approximate surface area is 578 Å². The number of phosphoric ester groups is 1. The van der Waals surface area contributed by atoms with E-state index in [-0.39, 0.29) is 92.1 Å². The summed E-state index contributed by atoms with van der Waals surface area (Å²) in [5.41, 5.74) is 36.3. The summed E-state index contributed by atoms with van der Waals surface area (Å²) < 4.78 is 42.8. The number of amides is 7. The van der Waals surface area contributed by atoms with Crippen LogP contribution in [0.5, 0.6) is 0 Å². The van der Waals surface area contributed by atoms with Crippen LogP contribution >= 0.6 is 26.0 Å². The van der Waals surface area contributed by atoms with Gasteiger partial charge in [-0.2, -0.15) is 0 Å². The molecule has 2 unspecified atom stereocenters. The zero-order chi connectivity index (χ0) is 73.5. The molecule has 8 rings (SSSR count). The summed E-state index contributed by atoms with van der Waals surface area (Å²) in [5.74, 6) is -7.88. The van der Waals surface area contributed by atoms with Crippen LogP contribution in [0.3, 0.4) is 0 Å². The summed E-state index contributed by atoms with van der Waals surface area (Å²) in [5, 5.41) is 37.9. The average molecular weight is 1470 g/mol. The Kier molecular flexibility index (Phi) is 24.1. The van der Waals surface area contributed by atoms with Crippen LogP contribution in [0.1, 0.15) is 150 Å². The number of imidazole rings is 1. The van der Waals surface area contributed by atoms with E-state index >= 15 is 0 Å². The molecule has 2 saturated heterocycles. The van der Waals surface area contributed by atoms with Crippen molar-refractivity contribution in [2.75, 3.05) is 13.2 Å². The number of ether oxygens (including phenoxy) is 1. The summed E-state index contributed by atoms with van der Waals surface area (Å²) in [7, 11) is -5.35. The molecular weight excluding hydrogens is 1380 g/mol. The summed E-state index contributed by atoms with van der Waals surface area (Å²) >= 11 is 4.22. The number of hydrogen-bond donors (Lipinski definition) is 11. The van der Waals surface area contributed by atoms with Crippen LogP contribution in [0.25, 0.3) is 11.0 Å². The van der Waals surface area contributed by atoms with Gasteiger partial charge in [-0.25, -0.2) is 9.55 Å². The molecule has 7 heterocycles. The van der Waals surface area contributed by atoms with Crippen molar-refractivity contribution in [1.82, 2.24) is 18.8 Å². The second kappa shape index (κ2) is 29.9. The van der Waals surface area contributed by atoms with Crippen LogP contribution in [0.4, 0.5) is 0 Å². The van der Waals surface area contributed by atoms with Crippen molar-refractivity contribution in [3.05, 3.63) is 63.9 Å². The molecule has 0 saturated carbocycles. The molecule has 0 aliphatic carbocycles. The summed E-state index contributed by atoms with van der Waals surface area (Å²) in [6, 6.07) is 2.56. The van der Waals surface area contributed by atoms with Crippen LogP contribution in [-0.4, -0.2) is 141 Å². The molecule has 7 amide bonds. The Morgan fingerprint density at radius 2 is 1.39 bits per heavy atom. The Morgan fingerprint density at radius 3 is 1.94 bits per heavy atom. The number of aliphatic hydroxyl groups excluding tert-OH is 2. The molecule has 2 aromatic rings. The summed E-state index contributed by atoms with van der Waals surface area (Å²) in [4.78, 5) is 144. The van der Waals surface area contributed by atoms with Crippen molar-refractivity contribution < 1.29 is 96.3 Å². The quantitative estimate of drug-likeness (QED) is 0.0573. The van der Waals surface area contributed by atoms with Gasteiger partial charge in [-0.05, 0) is 37.1 Å². The number of halogens is 1. The molecule has 1 aromatic carbocycles. The first-order chi connectivity index (χ1) is 45.3. The van der Waals surface area contributed by atoms with Crippen molar-refractivity contribution in [2.24, 2.45) is 94.7 Å². The van der Waals surface area contributed by atoms with Crippen molar-refractivity contribution in [2.45, 2.75) is 189 Å². The maximum absolute atomic E-state index is 14.5. The van der Waals surface area contributed by atoms with E-state index < -0.39 is 150 Å². The van der Waals surface area contributed by atoms with Crippen LogP contribution in [0, 0.1) is 69.4 Å². The van der Waals surface area contributed by atoms with E-state index in [9.17, 15) is 58.5 Å². The molecule has 15 atom stereocenters. The molecule has 98 heavy (non-hydrogen) atoms. The molecule has 540 valence electrons. The number of nitrogens with one attached hydrogen (secondary N) is 1. The fraction of sp³-hybridized carbons (Fsp3) is 0.619. The average Bonchev–Trinajstić information content (AvgIpc) is 1.51. The Balaban J connectivity index is 0.00000261. The number of aliphatic imine (C=N–C) groups is 3. The minimum absolute atomic E-state index is 0.0111. The minimum Gasteiger partial charge on any atom is -0.313 e. The number of nitriles is 1. The number of aliphatic hydroxyl groups is 2. The number of nitrogens with zero attached hydrogens (tertiary/aromatic N) is 7. The monoisotopic (exact) mass is 1470 g/mol. The van der Waals surface area contributed by atoms with Crippen molar-refractivity contribution in [3.63, 3.8) is 0 Å². The topological polar surface area (TPSA) is 535 Å². The molecule has 17 N–H and O–H groups in total. The molecule has 35 heteroatoms. The van der Waals surface area contributed by atoms with Crippen molar-refractivity contribution in [1.29, 1.82) is 5.26 Å². The zero-order valence-electron chi connectivity index (χ0n) is 56.6. The third kappa shape index (κ3) is 16.1. The van der Waals surface area contributed by atoms with Gasteiger partial charge < -0.3 is 38.7 Å². The Hall–Kier alpha value is -6.56. The van der Waals surface area contributed by atoms with Gasteiger partial charge in [0.1, 0.15) is 18.3 Å². The van der Waals surface area contributed by atoms with Crippen molar-refractivity contribution >= 4 is 95.5 Å². The van der Waals surface area contributed by atoms with Crippen LogP contribution < -0.4 is 44.6 Å². The predicted molar refractivity (Wildman–Crippen MR) is 354 cm³/mol. The van der Waals surface area contributed by atoms with E-state index in [0.717, 1.165) is 11.1 Å². The standard InChI is InChI=1S/C62H90N13O14P.CN.ClH2O3P.Co/c1-29-20-39-40(21-30(29)2)75(28-70-39)57-52(84)53(41(27-76)87-57)89-90(85,86)88-31(3)26-69-49(83)18-19-59(8)37(22-46(66)80)56-62(11)61(10,25-48(68)82)36(14-17-45(65)79)51(74-62)33(5)55-60(9,24-47(67)81)34(12-15-43(63)77)38(71-55)23-42-58(6,7)35(13-16-44(64)78)50(72-42)32(4)54(59)73-56;1-2;1-5(2,3)4;/h20-21,23,28,31,34-37,41,52-53,56-57,76,84H,12-19,22,24-27H2,1-11H3,(H15,63,64,65,66,67,68,69,71,72,73,74,77,78,79,80,81,82,83,85,86);;(H2,2,3,4);/q;;;+2/p-2/t31?,34-,35-,36-,37+,41-,52-,53-,56-,57+,59-,60+,61+,62+;;;/m1.../s1. The number of aromatic nitrogens is 2. The number of allylic oxidation sites excluding steroid dienone is 6. The molecule has 2 fully saturated rings. The van der Waals surface area contributed by atoms with Gasteiger partial charge in [0.15, 0.2) is 6.23 Å². The molecule has 0 spiro atoms. The second-order valence-corrected chi connectivity index (χ2v) is 32.3. The normalized spacial score (nSPS) is 32.4. The van der Waals surface area contributed by atoms with E-state index in [0.29, 0.717) is 56.4 Å². The first-order valence-corrected chi connectivity index (χ1v) is 36.7. The first-order valence-electron chi connectivity index (χ1n) is 31.8. The van der Waals surface area contributed by atoms with Gasteiger partial charge in [0.05, 0.1) is 24.0 Å². The molecule has 0 radical (unpaired) electrons. The number of rotatable bonds is 27. The van der Waals surface area contributed by atoms with Gasteiger partial charge in [0.25, 0.3) is 7.82 Å². The van der Waals surface area contributed by atoms with Gasteiger partial charge in [-0.1, -0.05) is 0 Å². The van der Waals surface area contributed by atoms with Gasteiger partial charge in [-0.15, -0.1) is 0 Å². The molecule has 6 aliphatic heterocycles. The Bertz CT molecular complexity index is 3890. The van der Waals surface area contributed by atoms with Gasteiger partial charge in [-0.3, -0.25) is 4.57 Å². The van der Waals surface area contributed by atoms with E-state index in [4.69, 9.17) is 77.5 Å². The number of hydrogen-bond acceptors (Lipinski definition) is 21. The summed E-state index contributed by atoms with van der Waals surface area (Å²) in [6.07, 6.45) is -5.38. The van der Waals surface area contributed by atoms with E-state index in [1.807, 2.05) is 53.7 Å². The number of carbonyl (C=O) groups is 7. The number of carbonyl (C=O) groups excluding carboxylic acids is 7. The van der Waals surface area contributed by atoms with E-state index in [1.165, 1.54) is 17.8 Å². The van der Waals surface area contributed by atoms with Gasteiger partial charge in [0, 0.05) is 11.2 Å². The third-order valence-electron chi connectivity index (χ3n) is 20.8. The minimum atomic E-state index is -5.35. The molecular formula is C63H90ClCoN14O17P2. The zero-order valence-corrected chi connectivity index (χ0v) is 60.2. The molecule has 8 bridgehead atoms. The second-order valence-electron chi connectivity index (χ2n) is 27.8. The number of aryl methyl sites for hydroxylation is 2. The number of phosphoric acid groups is 1.